The van der Waals surface area contributed by atoms with Crippen molar-refractivity contribution in [1.29, 1.82) is 0 Å². The first-order valence-corrected chi connectivity index (χ1v) is 6.86. The van der Waals surface area contributed by atoms with Crippen molar-refractivity contribution in [2.24, 2.45) is 0 Å². The van der Waals surface area contributed by atoms with Crippen molar-refractivity contribution >= 4 is 15.9 Å². The maximum Gasteiger partial charge on any atom is 0.243 e. The number of amides is 1. The summed E-state index contributed by atoms with van der Waals surface area (Å²) in [6.45, 7) is 0.798. The van der Waals surface area contributed by atoms with Crippen LogP contribution in [-0.4, -0.2) is 38.3 Å². The summed E-state index contributed by atoms with van der Waals surface area (Å²) < 4.78 is 25.7. The second kappa shape index (κ2) is 4.85. The third-order valence-electron chi connectivity index (χ3n) is 2.61. The lowest BCUT2D eigenvalue weighted by Gasteiger charge is -2.18. The summed E-state index contributed by atoms with van der Waals surface area (Å²) in [5.74, 6) is -0.248. The van der Waals surface area contributed by atoms with Gasteiger partial charge in [0, 0.05) is 13.1 Å². The molecule has 1 saturated heterocycles. The molecule has 0 aromatic heterocycles. The first kappa shape index (κ1) is 12.1. The lowest BCUT2D eigenvalue weighted by molar-refractivity contribution is -0.120. The number of carbonyl (C=O) groups excluding carboxylic acids is 1. The molecule has 1 aromatic carbocycles. The largest absolute Gasteiger partial charge is 0.355 e. The molecule has 1 fully saturated rings. The van der Waals surface area contributed by atoms with E-state index in [1.165, 1.54) is 16.4 Å². The molecular formula is C11H14N2O3S. The van der Waals surface area contributed by atoms with Crippen molar-refractivity contribution < 1.29 is 13.2 Å². The van der Waals surface area contributed by atoms with E-state index in [1.807, 2.05) is 0 Å². The lowest BCUT2D eigenvalue weighted by Crippen LogP contribution is -2.37. The number of benzene rings is 1. The topological polar surface area (TPSA) is 66.5 Å². The highest BCUT2D eigenvalue weighted by molar-refractivity contribution is 7.89. The minimum atomic E-state index is -3.55. The predicted molar refractivity (Wildman–Crippen MR) is 62.8 cm³/mol. The zero-order valence-corrected chi connectivity index (χ0v) is 10.1. The summed E-state index contributed by atoms with van der Waals surface area (Å²) in [6, 6.07) is 8.18. The fraction of sp³-hybridized carbons (Fsp3) is 0.364. The van der Waals surface area contributed by atoms with Gasteiger partial charge in [-0.05, 0) is 18.6 Å². The van der Waals surface area contributed by atoms with Crippen molar-refractivity contribution in [1.82, 2.24) is 9.62 Å². The number of hydrogen-bond acceptors (Lipinski definition) is 3. The molecule has 1 amide bonds. The Hall–Kier alpha value is -1.40. The highest BCUT2D eigenvalue weighted by Crippen LogP contribution is 2.15. The molecule has 0 atom stereocenters. The van der Waals surface area contributed by atoms with Crippen LogP contribution in [0.5, 0.6) is 0 Å². The van der Waals surface area contributed by atoms with Crippen LogP contribution in [0.2, 0.25) is 0 Å². The van der Waals surface area contributed by atoms with E-state index in [9.17, 15) is 13.2 Å². The minimum Gasteiger partial charge on any atom is -0.355 e. The van der Waals surface area contributed by atoms with Gasteiger partial charge in [0.15, 0.2) is 0 Å². The van der Waals surface area contributed by atoms with E-state index < -0.39 is 10.0 Å². The number of sulfonamides is 1. The standard InChI is InChI=1S/C11H14N2O3S/c14-11-9-13(8-4-7-12-11)17(15,16)10-5-2-1-3-6-10/h1-3,5-6H,4,7-9H2,(H,12,14). The van der Waals surface area contributed by atoms with E-state index in [4.69, 9.17) is 0 Å². The second-order valence-corrected chi connectivity index (χ2v) is 5.79. The van der Waals surface area contributed by atoms with Crippen LogP contribution < -0.4 is 5.32 Å². The summed E-state index contributed by atoms with van der Waals surface area (Å²) in [5, 5.41) is 2.65. The summed E-state index contributed by atoms with van der Waals surface area (Å²) in [6.07, 6.45) is 0.637. The quantitative estimate of drug-likeness (QED) is 0.819. The molecule has 92 valence electrons. The van der Waals surface area contributed by atoms with Crippen LogP contribution in [-0.2, 0) is 14.8 Å². The van der Waals surface area contributed by atoms with Gasteiger partial charge in [-0.1, -0.05) is 18.2 Å². The number of carbonyl (C=O) groups is 1. The smallest absolute Gasteiger partial charge is 0.243 e. The third-order valence-corrected chi connectivity index (χ3v) is 4.47. The van der Waals surface area contributed by atoms with Crippen molar-refractivity contribution in [2.45, 2.75) is 11.3 Å². The first-order valence-electron chi connectivity index (χ1n) is 5.42. The summed E-state index contributed by atoms with van der Waals surface area (Å²) in [7, 11) is -3.55. The van der Waals surface area contributed by atoms with E-state index in [0.29, 0.717) is 19.5 Å². The average molecular weight is 254 g/mol. The minimum absolute atomic E-state index is 0.1000. The maximum absolute atomic E-state index is 12.2. The summed E-state index contributed by atoms with van der Waals surface area (Å²) >= 11 is 0. The number of nitrogens with one attached hydrogen (secondary N) is 1. The van der Waals surface area contributed by atoms with Gasteiger partial charge in [0.2, 0.25) is 15.9 Å². The molecule has 1 aliphatic heterocycles. The van der Waals surface area contributed by atoms with Gasteiger partial charge < -0.3 is 5.32 Å². The molecule has 0 radical (unpaired) electrons. The van der Waals surface area contributed by atoms with Crippen LogP contribution in [0, 0.1) is 0 Å². The van der Waals surface area contributed by atoms with Crippen LogP contribution in [0.4, 0.5) is 0 Å². The second-order valence-electron chi connectivity index (χ2n) is 3.86. The Morgan fingerprint density at radius 1 is 1.18 bits per heavy atom. The molecule has 0 saturated carbocycles. The molecule has 0 bridgehead atoms. The van der Waals surface area contributed by atoms with Crippen LogP contribution in [0.15, 0.2) is 35.2 Å². The van der Waals surface area contributed by atoms with Gasteiger partial charge in [0.25, 0.3) is 0 Å². The van der Waals surface area contributed by atoms with Gasteiger partial charge in [-0.25, -0.2) is 8.42 Å². The number of hydrogen-bond donors (Lipinski definition) is 1. The van der Waals surface area contributed by atoms with Gasteiger partial charge in [0.1, 0.15) is 0 Å². The Morgan fingerprint density at radius 2 is 1.88 bits per heavy atom. The summed E-state index contributed by atoms with van der Waals surface area (Å²) in [4.78, 5) is 11.6. The third kappa shape index (κ3) is 2.65. The van der Waals surface area contributed by atoms with Gasteiger partial charge in [0.05, 0.1) is 11.4 Å². The molecule has 0 unspecified atom stereocenters. The van der Waals surface area contributed by atoms with Crippen molar-refractivity contribution in [3.05, 3.63) is 30.3 Å². The average Bonchev–Trinajstić information content (AvgIpc) is 2.55. The van der Waals surface area contributed by atoms with E-state index in [2.05, 4.69) is 5.32 Å². The molecule has 1 aromatic rings. The molecule has 17 heavy (non-hydrogen) atoms. The summed E-state index contributed by atoms with van der Waals surface area (Å²) in [5.41, 5.74) is 0. The molecular weight excluding hydrogens is 240 g/mol. The Bertz CT molecular complexity index is 499. The Labute approximate surface area is 100 Å². The molecule has 2 rings (SSSR count). The van der Waals surface area contributed by atoms with Gasteiger partial charge in [-0.15, -0.1) is 0 Å². The molecule has 6 heteroatoms. The Balaban J connectivity index is 2.29. The van der Waals surface area contributed by atoms with Crippen molar-refractivity contribution in [3.8, 4) is 0 Å². The Kier molecular flexibility index (Phi) is 3.44. The van der Waals surface area contributed by atoms with E-state index in [-0.39, 0.29) is 17.3 Å². The fourth-order valence-electron chi connectivity index (χ4n) is 1.73. The van der Waals surface area contributed by atoms with Crippen LogP contribution in [0.3, 0.4) is 0 Å². The van der Waals surface area contributed by atoms with E-state index in [0.717, 1.165) is 0 Å². The zero-order chi connectivity index (χ0) is 12.3. The predicted octanol–water partition coefficient (Wildman–Crippen LogP) is 0.197. The monoisotopic (exact) mass is 254 g/mol. The first-order chi connectivity index (χ1) is 8.10. The molecule has 0 aliphatic carbocycles. The van der Waals surface area contributed by atoms with Gasteiger partial charge in [-0.3, -0.25) is 4.79 Å². The number of rotatable bonds is 2. The highest BCUT2D eigenvalue weighted by Gasteiger charge is 2.27. The van der Waals surface area contributed by atoms with Crippen molar-refractivity contribution in [3.63, 3.8) is 0 Å². The van der Waals surface area contributed by atoms with Gasteiger partial charge in [-0.2, -0.15) is 4.31 Å². The molecule has 1 heterocycles. The van der Waals surface area contributed by atoms with E-state index >= 15 is 0 Å². The maximum atomic E-state index is 12.2. The molecule has 1 N–H and O–H groups in total. The molecule has 0 spiro atoms. The van der Waals surface area contributed by atoms with Crippen LogP contribution in [0.25, 0.3) is 0 Å². The SMILES string of the molecule is O=C1CN(S(=O)(=O)c2ccccc2)CCCN1. The highest BCUT2D eigenvalue weighted by atomic mass is 32.2. The van der Waals surface area contributed by atoms with E-state index in [1.54, 1.807) is 18.2 Å². The fourth-order valence-corrected chi connectivity index (χ4v) is 3.18. The van der Waals surface area contributed by atoms with Crippen LogP contribution >= 0.6 is 0 Å². The Morgan fingerprint density at radius 3 is 2.59 bits per heavy atom. The normalized spacial score (nSPS) is 18.5. The molecule has 1 aliphatic rings. The number of nitrogens with zero attached hydrogens (tertiary/aromatic N) is 1. The van der Waals surface area contributed by atoms with Crippen LogP contribution in [0.1, 0.15) is 6.42 Å². The lowest BCUT2D eigenvalue weighted by atomic mass is 10.4. The zero-order valence-electron chi connectivity index (χ0n) is 9.30. The molecule has 5 nitrogen and oxygen atoms in total. The van der Waals surface area contributed by atoms with Gasteiger partial charge >= 0.3 is 0 Å². The van der Waals surface area contributed by atoms with Crippen molar-refractivity contribution in [2.75, 3.05) is 19.6 Å².